The van der Waals surface area contributed by atoms with Crippen LogP contribution in [0, 0.1) is 6.92 Å². The van der Waals surface area contributed by atoms with Crippen molar-refractivity contribution in [1.82, 2.24) is 39.8 Å². The Hall–Kier alpha value is -10.9. The summed E-state index contributed by atoms with van der Waals surface area (Å²) in [5.41, 5.74) is 5.47. The summed E-state index contributed by atoms with van der Waals surface area (Å²) in [6.07, 6.45) is 1.18. The van der Waals surface area contributed by atoms with E-state index in [4.69, 9.17) is 19.3 Å². The summed E-state index contributed by atoms with van der Waals surface area (Å²) in [5.74, 6) is -3.66. The highest BCUT2D eigenvalue weighted by molar-refractivity contribution is 8.01. The topological polar surface area (TPSA) is 222 Å². The molecule has 0 saturated carbocycles. The number of aryl methyl sites for hydroxylation is 1. The Morgan fingerprint density at radius 2 is 1.17 bits per heavy atom. The molecule has 18 nitrogen and oxygen atoms in total. The van der Waals surface area contributed by atoms with Crippen LogP contribution in [0.25, 0.3) is 5.78 Å². The SMILES string of the molecule is Cc1cc(SCC2=C(C(=O)OC(c3ccccc3)c3ccccc3)N3C(=O)[C@@H](NC(=O)/C(=N\OC(=O)c4cccnc4)c4csc(NC(c5ccccc5)(c5ccccc5)c5ccccc5)n4)[C@H]3SC2)n2nc(C(=O)OC(c3ccccc3)c3ccccc3)nc2n1. The average molecular weight is 1270 g/mol. The maximum atomic E-state index is 15.3. The third-order valence-corrected chi connectivity index (χ3v) is 18.5. The van der Waals surface area contributed by atoms with E-state index in [2.05, 4.69) is 35.8 Å². The number of thioether (sulfide) groups is 2. The van der Waals surface area contributed by atoms with E-state index in [0.29, 0.717) is 32.6 Å². The van der Waals surface area contributed by atoms with E-state index in [-0.39, 0.29) is 40.1 Å². The highest BCUT2D eigenvalue weighted by Crippen LogP contribution is 2.44. The summed E-state index contributed by atoms with van der Waals surface area (Å²) in [6, 6.07) is 70.8. The van der Waals surface area contributed by atoms with Crippen molar-refractivity contribution in [1.29, 1.82) is 0 Å². The van der Waals surface area contributed by atoms with Gasteiger partial charge in [-0.1, -0.05) is 217 Å². The Kier molecular flexibility index (Phi) is 17.7. The van der Waals surface area contributed by atoms with Crippen LogP contribution >= 0.6 is 34.9 Å². The van der Waals surface area contributed by atoms with Gasteiger partial charge in [-0.3, -0.25) is 19.5 Å². The first-order chi connectivity index (χ1) is 45.1. The molecular formula is C71H54N10O8S3. The molecule has 6 heterocycles. The van der Waals surface area contributed by atoms with Gasteiger partial charge in [0.2, 0.25) is 0 Å². The molecule has 92 heavy (non-hydrogen) atoms. The molecule has 2 amide bonds. The number of fused-ring (bicyclic) bond motifs is 2. The van der Waals surface area contributed by atoms with Crippen LogP contribution in [0.5, 0.6) is 0 Å². The third kappa shape index (κ3) is 12.6. The highest BCUT2D eigenvalue weighted by atomic mass is 32.2. The van der Waals surface area contributed by atoms with Crippen LogP contribution in [0.1, 0.15) is 83.5 Å². The number of hydrogen-bond donors (Lipinski definition) is 2. The zero-order chi connectivity index (χ0) is 63.0. The molecule has 454 valence electrons. The summed E-state index contributed by atoms with van der Waals surface area (Å²) >= 11 is 3.83. The number of nitrogens with one attached hydrogen (secondary N) is 2. The van der Waals surface area contributed by atoms with Crippen molar-refractivity contribution in [2.45, 2.75) is 41.1 Å². The van der Waals surface area contributed by atoms with Crippen molar-refractivity contribution < 1.29 is 38.3 Å². The fourth-order valence-corrected chi connectivity index (χ4v) is 14.3. The molecule has 2 aliphatic rings. The molecule has 0 radical (unpaired) electrons. The van der Waals surface area contributed by atoms with Crippen LogP contribution in [0.3, 0.4) is 0 Å². The zero-order valence-electron chi connectivity index (χ0n) is 49.0. The number of hydrogen-bond acceptors (Lipinski definition) is 18. The summed E-state index contributed by atoms with van der Waals surface area (Å²) in [6.45, 7) is 1.79. The smallest absolute Gasteiger partial charge is 0.379 e. The van der Waals surface area contributed by atoms with Crippen LogP contribution < -0.4 is 10.6 Å². The first-order valence-corrected chi connectivity index (χ1v) is 32.1. The molecule has 1 saturated heterocycles. The van der Waals surface area contributed by atoms with Crippen LogP contribution in [0.4, 0.5) is 5.13 Å². The average Bonchev–Trinajstić information content (AvgIpc) is 0.786. The van der Waals surface area contributed by atoms with Gasteiger partial charge in [0.05, 0.1) is 5.56 Å². The van der Waals surface area contributed by atoms with Gasteiger partial charge in [0.25, 0.3) is 23.4 Å². The summed E-state index contributed by atoms with van der Waals surface area (Å²) in [7, 11) is 0. The first-order valence-electron chi connectivity index (χ1n) is 29.2. The molecule has 11 aromatic rings. The minimum Gasteiger partial charge on any atom is -0.448 e. The molecule has 4 aromatic heterocycles. The lowest BCUT2D eigenvalue weighted by molar-refractivity contribution is -0.154. The van der Waals surface area contributed by atoms with E-state index in [9.17, 15) is 14.4 Å². The number of ether oxygens (including phenoxy) is 2. The van der Waals surface area contributed by atoms with Crippen molar-refractivity contribution in [2.24, 2.45) is 5.16 Å². The molecule has 21 heteroatoms. The van der Waals surface area contributed by atoms with Gasteiger partial charge in [-0.05, 0) is 69.6 Å². The lowest BCUT2D eigenvalue weighted by Crippen LogP contribution is -2.71. The number of oxime groups is 1. The van der Waals surface area contributed by atoms with Gasteiger partial charge in [-0.15, -0.1) is 40.0 Å². The number of aromatic nitrogens is 6. The van der Waals surface area contributed by atoms with E-state index in [1.165, 1.54) is 62.7 Å². The predicted molar refractivity (Wildman–Crippen MR) is 350 cm³/mol. The van der Waals surface area contributed by atoms with Gasteiger partial charge in [0.15, 0.2) is 23.1 Å². The number of amides is 2. The maximum Gasteiger partial charge on any atom is 0.379 e. The third-order valence-electron chi connectivity index (χ3n) is 15.4. The van der Waals surface area contributed by atoms with Crippen molar-refractivity contribution in [2.75, 3.05) is 16.8 Å². The van der Waals surface area contributed by atoms with Gasteiger partial charge in [0.1, 0.15) is 33.4 Å². The molecule has 0 spiro atoms. The van der Waals surface area contributed by atoms with Gasteiger partial charge in [-0.25, -0.2) is 24.4 Å². The van der Waals surface area contributed by atoms with Gasteiger partial charge in [-0.2, -0.15) is 9.50 Å². The molecule has 0 aliphatic carbocycles. The number of nitrogens with zero attached hydrogens (tertiary/aromatic N) is 8. The van der Waals surface area contributed by atoms with Gasteiger partial charge in [0, 0.05) is 35.0 Å². The van der Waals surface area contributed by atoms with Crippen molar-refractivity contribution >= 4 is 81.2 Å². The van der Waals surface area contributed by atoms with Crippen LogP contribution in [0.15, 0.2) is 270 Å². The maximum absolute atomic E-state index is 15.3. The minimum atomic E-state index is -1.21. The summed E-state index contributed by atoms with van der Waals surface area (Å²) in [4.78, 5) is 97.7. The number of thiazole rings is 1. The largest absolute Gasteiger partial charge is 0.448 e. The van der Waals surface area contributed by atoms with Crippen molar-refractivity contribution in [3.05, 3.63) is 321 Å². The number of rotatable bonds is 21. The second-order valence-electron chi connectivity index (χ2n) is 21.3. The number of benzene rings is 7. The normalized spacial score (nSPS) is 14.8. The quantitative estimate of drug-likeness (QED) is 0.00998. The van der Waals surface area contributed by atoms with E-state index in [1.54, 1.807) is 24.4 Å². The molecule has 0 bridgehead atoms. The van der Waals surface area contributed by atoms with E-state index < -0.39 is 64.6 Å². The van der Waals surface area contributed by atoms with Crippen LogP contribution in [-0.2, 0) is 34.2 Å². The number of carbonyl (C=O) groups excluding carboxylic acids is 5. The molecule has 2 atom stereocenters. The van der Waals surface area contributed by atoms with Crippen molar-refractivity contribution in [3.8, 4) is 0 Å². The molecule has 2 aliphatic heterocycles. The molecule has 2 N–H and O–H groups in total. The molecule has 7 aromatic carbocycles. The minimum absolute atomic E-state index is 0.000374. The van der Waals surface area contributed by atoms with Gasteiger partial charge >= 0.3 is 17.9 Å². The standard InChI is InChI=1S/C71H54N10O8S3/c1-45-40-56(81-69(73-45)76-62(78-81)68(86)88-61(48-28-13-4-14-29-48)49-30-15-5-16-31-49)90-42-51-43-91-65-58(64(83)80(65)59(51)67(85)87-60(46-24-9-2-10-25-46)47-26-11-3-12-27-47)75-63(82)57(79-89-66(84)50-32-23-39-72-41-50)55-44-92-70(74-55)77-71(52-33-17-6-18-34-52,53-35-19-7-20-36-53)54-37-21-8-22-38-54/h2-41,44,58,60-61,65H,42-43H2,1H3,(H,74,77)(H,75,82)/b79-57-/t58-,65-/m1/s1. The number of pyridine rings is 1. The lowest BCUT2D eigenvalue weighted by Gasteiger charge is -2.49. The summed E-state index contributed by atoms with van der Waals surface area (Å²) in [5, 5.41) is 17.1. The Morgan fingerprint density at radius 3 is 1.70 bits per heavy atom. The Balaban J connectivity index is 0.814. The molecule has 0 unspecified atom stereocenters. The molecular weight excluding hydrogens is 1220 g/mol. The van der Waals surface area contributed by atoms with E-state index >= 15 is 9.59 Å². The number of esters is 2. The van der Waals surface area contributed by atoms with Crippen molar-refractivity contribution in [3.63, 3.8) is 0 Å². The number of carbonyl (C=O) groups is 5. The fraction of sp³-hybridized carbons (Fsp3) is 0.113. The van der Waals surface area contributed by atoms with E-state index in [0.717, 1.165) is 27.8 Å². The second kappa shape index (κ2) is 27.1. The Bertz CT molecular complexity index is 4360. The monoisotopic (exact) mass is 1270 g/mol. The molecule has 1 fully saturated rings. The van der Waals surface area contributed by atoms with Crippen LogP contribution in [-0.4, -0.2) is 92.8 Å². The highest BCUT2D eigenvalue weighted by Gasteiger charge is 2.55. The lowest BCUT2D eigenvalue weighted by atomic mass is 9.77. The van der Waals surface area contributed by atoms with Gasteiger partial charge < -0.3 is 24.9 Å². The summed E-state index contributed by atoms with van der Waals surface area (Å²) < 4.78 is 14.1. The Labute approximate surface area is 540 Å². The second-order valence-corrected chi connectivity index (χ2v) is 24.2. The fourth-order valence-electron chi connectivity index (χ4n) is 11.0. The number of anilines is 1. The predicted octanol–water partition coefficient (Wildman–Crippen LogP) is 12.0. The first kappa shape index (κ1) is 60.1. The zero-order valence-corrected chi connectivity index (χ0v) is 51.4. The Morgan fingerprint density at radius 1 is 0.652 bits per heavy atom. The number of β-lactam (4-membered cyclic amide) rings is 1. The molecule has 13 rings (SSSR count). The van der Waals surface area contributed by atoms with E-state index in [1.807, 2.05) is 212 Å². The van der Waals surface area contributed by atoms with Crippen LogP contribution in [0.2, 0.25) is 0 Å².